The summed E-state index contributed by atoms with van der Waals surface area (Å²) in [7, 11) is 0. The minimum absolute atomic E-state index is 0. The molecule has 1 fully saturated rings. The molecule has 0 bridgehead atoms. The number of carbonyl (C=O) groups excluding carboxylic acids is 1. The van der Waals surface area contributed by atoms with Crippen molar-refractivity contribution in [2.24, 2.45) is 5.92 Å². The molecule has 1 saturated carbocycles. The SMILES string of the molecule is Cl.O=C(Nc1ccc2c(c1F)CCNC2)C1CC1. The van der Waals surface area contributed by atoms with Gasteiger partial charge in [0.25, 0.3) is 0 Å². The molecule has 0 atom stereocenters. The highest BCUT2D eigenvalue weighted by atomic mass is 35.5. The molecule has 1 amide bonds. The van der Waals surface area contributed by atoms with Crippen LogP contribution >= 0.6 is 12.4 Å². The Labute approximate surface area is 112 Å². The average molecular weight is 271 g/mol. The maximum Gasteiger partial charge on any atom is 0.227 e. The lowest BCUT2D eigenvalue weighted by Gasteiger charge is -2.19. The Bertz CT molecular complexity index is 474. The Kier molecular flexibility index (Phi) is 3.88. The maximum atomic E-state index is 14.2. The first-order valence-electron chi connectivity index (χ1n) is 6.07. The number of carbonyl (C=O) groups is 1. The summed E-state index contributed by atoms with van der Waals surface area (Å²) in [6.45, 7) is 1.51. The van der Waals surface area contributed by atoms with E-state index in [1.165, 1.54) is 0 Å². The quantitative estimate of drug-likeness (QED) is 0.865. The molecule has 1 aliphatic carbocycles. The Hall–Kier alpha value is -1.13. The largest absolute Gasteiger partial charge is 0.323 e. The minimum atomic E-state index is -0.252. The number of hydrogen-bond acceptors (Lipinski definition) is 2. The van der Waals surface area contributed by atoms with Crippen LogP contribution in [0.2, 0.25) is 0 Å². The molecule has 2 N–H and O–H groups in total. The predicted octanol–water partition coefficient (Wildman–Crippen LogP) is 2.24. The fraction of sp³-hybridized carbons (Fsp3) is 0.462. The number of nitrogens with one attached hydrogen (secondary N) is 2. The number of benzene rings is 1. The standard InChI is InChI=1S/C13H15FN2O.ClH/c14-12-10-5-6-15-7-9(10)3-4-11(12)16-13(17)8-1-2-8;/h3-4,8,15H,1-2,5-7H2,(H,16,17);1H. The van der Waals surface area contributed by atoms with Crippen LogP contribution in [0.25, 0.3) is 0 Å². The molecule has 3 rings (SSSR count). The molecule has 1 aromatic rings. The third-order valence-electron chi connectivity index (χ3n) is 3.41. The van der Waals surface area contributed by atoms with Crippen LogP contribution in [0.3, 0.4) is 0 Å². The van der Waals surface area contributed by atoms with Crippen molar-refractivity contribution in [2.45, 2.75) is 25.8 Å². The summed E-state index contributed by atoms with van der Waals surface area (Å²) in [6.07, 6.45) is 2.55. The Morgan fingerprint density at radius 1 is 1.39 bits per heavy atom. The molecule has 5 heteroatoms. The first-order chi connectivity index (χ1) is 8.25. The fourth-order valence-corrected chi connectivity index (χ4v) is 2.21. The lowest BCUT2D eigenvalue weighted by atomic mass is 9.99. The number of rotatable bonds is 2. The maximum absolute atomic E-state index is 14.2. The van der Waals surface area contributed by atoms with Gasteiger partial charge in [-0.1, -0.05) is 6.07 Å². The molecule has 1 heterocycles. The molecule has 1 aliphatic heterocycles. The van der Waals surface area contributed by atoms with E-state index in [0.717, 1.165) is 30.5 Å². The van der Waals surface area contributed by atoms with Gasteiger partial charge in [-0.2, -0.15) is 0 Å². The van der Waals surface area contributed by atoms with Crippen molar-refractivity contribution in [1.29, 1.82) is 0 Å². The van der Waals surface area contributed by atoms with Gasteiger partial charge in [-0.25, -0.2) is 4.39 Å². The van der Waals surface area contributed by atoms with E-state index in [4.69, 9.17) is 0 Å². The summed E-state index contributed by atoms with van der Waals surface area (Å²) in [5, 5.41) is 5.89. The van der Waals surface area contributed by atoms with Crippen molar-refractivity contribution in [3.05, 3.63) is 29.1 Å². The predicted molar refractivity (Wildman–Crippen MR) is 70.4 cm³/mol. The third kappa shape index (κ3) is 2.49. The molecule has 0 saturated heterocycles. The second-order valence-electron chi connectivity index (χ2n) is 4.76. The zero-order chi connectivity index (χ0) is 11.8. The smallest absolute Gasteiger partial charge is 0.227 e. The summed E-state index contributed by atoms with van der Waals surface area (Å²) in [5.41, 5.74) is 2.08. The van der Waals surface area contributed by atoms with Crippen LogP contribution in [0, 0.1) is 11.7 Å². The highest BCUT2D eigenvalue weighted by Crippen LogP contribution is 2.31. The first kappa shape index (κ1) is 13.3. The number of anilines is 1. The van der Waals surface area contributed by atoms with Gasteiger partial charge in [0.1, 0.15) is 5.82 Å². The molecule has 3 nitrogen and oxygen atoms in total. The van der Waals surface area contributed by atoms with E-state index in [-0.39, 0.29) is 30.0 Å². The summed E-state index contributed by atoms with van der Waals surface area (Å²) >= 11 is 0. The van der Waals surface area contributed by atoms with Crippen LogP contribution in [-0.4, -0.2) is 12.5 Å². The summed E-state index contributed by atoms with van der Waals surface area (Å²) < 4.78 is 14.2. The van der Waals surface area contributed by atoms with Gasteiger partial charge in [-0.05, 0) is 43.0 Å². The molecule has 0 spiro atoms. The zero-order valence-corrected chi connectivity index (χ0v) is 10.8. The van der Waals surface area contributed by atoms with Crippen LogP contribution < -0.4 is 10.6 Å². The monoisotopic (exact) mass is 270 g/mol. The topological polar surface area (TPSA) is 41.1 Å². The number of halogens is 2. The van der Waals surface area contributed by atoms with E-state index in [1.807, 2.05) is 6.07 Å². The number of amides is 1. The van der Waals surface area contributed by atoms with Crippen molar-refractivity contribution in [3.63, 3.8) is 0 Å². The lowest BCUT2D eigenvalue weighted by molar-refractivity contribution is -0.117. The van der Waals surface area contributed by atoms with Crippen LogP contribution in [0.15, 0.2) is 12.1 Å². The number of fused-ring (bicyclic) bond motifs is 1. The van der Waals surface area contributed by atoms with Gasteiger partial charge in [0.15, 0.2) is 0 Å². The van der Waals surface area contributed by atoms with Gasteiger partial charge >= 0.3 is 0 Å². The van der Waals surface area contributed by atoms with Crippen LogP contribution in [0.1, 0.15) is 24.0 Å². The average Bonchev–Trinajstić information content (AvgIpc) is 3.17. The van der Waals surface area contributed by atoms with E-state index in [1.54, 1.807) is 6.07 Å². The van der Waals surface area contributed by atoms with Gasteiger partial charge in [-0.15, -0.1) is 12.4 Å². The number of hydrogen-bond donors (Lipinski definition) is 2. The van der Waals surface area contributed by atoms with E-state index < -0.39 is 0 Å². The van der Waals surface area contributed by atoms with E-state index in [9.17, 15) is 9.18 Å². The molecular weight excluding hydrogens is 255 g/mol. The van der Waals surface area contributed by atoms with Crippen LogP contribution in [0.4, 0.5) is 10.1 Å². The van der Waals surface area contributed by atoms with Crippen LogP contribution in [-0.2, 0) is 17.8 Å². The normalized spacial score (nSPS) is 17.6. The highest BCUT2D eigenvalue weighted by Gasteiger charge is 2.30. The Morgan fingerprint density at radius 3 is 2.89 bits per heavy atom. The van der Waals surface area contributed by atoms with Gasteiger partial charge in [0.2, 0.25) is 5.91 Å². The molecule has 1 aromatic carbocycles. The molecule has 18 heavy (non-hydrogen) atoms. The lowest BCUT2D eigenvalue weighted by Crippen LogP contribution is -2.25. The molecule has 2 aliphatic rings. The fourth-order valence-electron chi connectivity index (χ4n) is 2.21. The summed E-state index contributed by atoms with van der Waals surface area (Å²) in [6, 6.07) is 3.56. The summed E-state index contributed by atoms with van der Waals surface area (Å²) in [5.74, 6) is -0.192. The molecule has 0 aromatic heterocycles. The zero-order valence-electron chi connectivity index (χ0n) is 9.96. The Morgan fingerprint density at radius 2 is 2.17 bits per heavy atom. The summed E-state index contributed by atoms with van der Waals surface area (Å²) in [4.78, 5) is 11.6. The van der Waals surface area contributed by atoms with Crippen molar-refractivity contribution < 1.29 is 9.18 Å². The van der Waals surface area contributed by atoms with E-state index >= 15 is 0 Å². The van der Waals surface area contributed by atoms with Gasteiger partial charge < -0.3 is 10.6 Å². The van der Waals surface area contributed by atoms with Crippen molar-refractivity contribution in [1.82, 2.24) is 5.32 Å². The van der Waals surface area contributed by atoms with Gasteiger partial charge in [-0.3, -0.25) is 4.79 Å². The molecule has 0 radical (unpaired) electrons. The molecule has 98 valence electrons. The van der Waals surface area contributed by atoms with E-state index in [2.05, 4.69) is 10.6 Å². The second-order valence-corrected chi connectivity index (χ2v) is 4.76. The van der Waals surface area contributed by atoms with Crippen molar-refractivity contribution in [3.8, 4) is 0 Å². The van der Waals surface area contributed by atoms with Crippen molar-refractivity contribution in [2.75, 3.05) is 11.9 Å². The van der Waals surface area contributed by atoms with Crippen molar-refractivity contribution >= 4 is 24.0 Å². The van der Waals surface area contributed by atoms with Gasteiger partial charge in [0, 0.05) is 12.5 Å². The minimum Gasteiger partial charge on any atom is -0.323 e. The van der Waals surface area contributed by atoms with Crippen LogP contribution in [0.5, 0.6) is 0 Å². The molecule has 0 unspecified atom stereocenters. The third-order valence-corrected chi connectivity index (χ3v) is 3.41. The Balaban J connectivity index is 0.00000120. The van der Waals surface area contributed by atoms with Gasteiger partial charge in [0.05, 0.1) is 5.69 Å². The first-order valence-corrected chi connectivity index (χ1v) is 6.07. The highest BCUT2D eigenvalue weighted by molar-refractivity contribution is 5.94. The van der Waals surface area contributed by atoms with E-state index in [0.29, 0.717) is 18.7 Å². The second kappa shape index (κ2) is 5.24. The molecular formula is C13H16ClFN2O.